The van der Waals surface area contributed by atoms with Crippen LogP contribution in [-0.4, -0.2) is 51.4 Å². The molecule has 0 bridgehead atoms. The van der Waals surface area contributed by atoms with E-state index in [1.807, 2.05) is 20.2 Å². The zero-order valence-electron chi connectivity index (χ0n) is 19.6. The molecular weight excluding hydrogens is 505 g/mol. The summed E-state index contributed by atoms with van der Waals surface area (Å²) in [5, 5.41) is 21.3. The normalized spacial score (nSPS) is 12.1. The van der Waals surface area contributed by atoms with Gasteiger partial charge < -0.3 is 9.30 Å². The van der Waals surface area contributed by atoms with E-state index in [1.165, 1.54) is 10.7 Å². The minimum atomic E-state index is -0.362. The fourth-order valence-corrected chi connectivity index (χ4v) is 4.36. The van der Waals surface area contributed by atoms with E-state index in [-0.39, 0.29) is 16.8 Å². The molecule has 0 aliphatic carbocycles. The molecule has 1 atom stereocenters. The van der Waals surface area contributed by atoms with E-state index in [0.29, 0.717) is 39.7 Å². The smallest absolute Gasteiger partial charge is 0.252 e. The Labute approximate surface area is 215 Å². The van der Waals surface area contributed by atoms with Crippen molar-refractivity contribution in [2.24, 2.45) is 7.05 Å². The fourth-order valence-electron chi connectivity index (χ4n) is 4.06. The highest BCUT2D eigenvalue weighted by Crippen LogP contribution is 2.36. The number of aryl methyl sites for hydroxylation is 1. The second-order valence-corrected chi connectivity index (χ2v) is 8.86. The second-order valence-electron chi connectivity index (χ2n) is 8.03. The van der Waals surface area contributed by atoms with Gasteiger partial charge in [-0.05, 0) is 24.6 Å². The average Bonchev–Trinajstić information content (AvgIpc) is 3.62. The van der Waals surface area contributed by atoms with Crippen LogP contribution in [0.25, 0.3) is 22.5 Å². The Hall–Kier alpha value is -3.96. The van der Waals surface area contributed by atoms with Crippen LogP contribution in [0.5, 0.6) is 5.75 Å². The lowest BCUT2D eigenvalue weighted by molar-refractivity contribution is 0.405. The van der Waals surface area contributed by atoms with Gasteiger partial charge in [-0.3, -0.25) is 9.48 Å². The highest BCUT2D eigenvalue weighted by molar-refractivity contribution is 6.31. The third-order valence-corrected chi connectivity index (χ3v) is 6.16. The molecule has 0 radical (unpaired) electrons. The van der Waals surface area contributed by atoms with Gasteiger partial charge in [-0.15, -0.1) is 10.2 Å². The number of ether oxygens (including phenoxy) is 1. The maximum Gasteiger partial charge on any atom is 0.252 e. The Morgan fingerprint density at radius 2 is 1.81 bits per heavy atom. The largest absolute Gasteiger partial charge is 0.495 e. The number of aromatic nitrogens is 9. The van der Waals surface area contributed by atoms with Gasteiger partial charge >= 0.3 is 0 Å². The summed E-state index contributed by atoms with van der Waals surface area (Å²) in [4.78, 5) is 13.4. The minimum Gasteiger partial charge on any atom is -0.495 e. The Morgan fingerprint density at radius 3 is 2.47 bits per heavy atom. The van der Waals surface area contributed by atoms with Gasteiger partial charge in [0.15, 0.2) is 5.15 Å². The molecule has 1 aromatic carbocycles. The molecule has 5 rings (SSSR count). The highest BCUT2D eigenvalue weighted by Gasteiger charge is 2.22. The number of rotatable bonds is 7. The van der Waals surface area contributed by atoms with Gasteiger partial charge in [0, 0.05) is 29.3 Å². The first-order valence-electron chi connectivity index (χ1n) is 11.0. The van der Waals surface area contributed by atoms with Crippen LogP contribution < -0.4 is 10.3 Å². The Morgan fingerprint density at radius 1 is 1.00 bits per heavy atom. The molecule has 0 spiro atoms. The van der Waals surface area contributed by atoms with Crippen LogP contribution in [0, 0.1) is 0 Å². The summed E-state index contributed by atoms with van der Waals surface area (Å²) < 4.78 is 12.1. The van der Waals surface area contributed by atoms with Crippen molar-refractivity contribution < 1.29 is 4.74 Å². The van der Waals surface area contributed by atoms with E-state index >= 15 is 0 Å². The van der Waals surface area contributed by atoms with Crippen molar-refractivity contribution in [3.8, 4) is 28.3 Å². The second kappa shape index (κ2) is 9.59. The van der Waals surface area contributed by atoms with Crippen molar-refractivity contribution in [1.82, 2.24) is 44.3 Å². The van der Waals surface area contributed by atoms with Crippen LogP contribution in [0.4, 0.5) is 0 Å². The molecule has 0 aliphatic rings. The van der Waals surface area contributed by atoms with Gasteiger partial charge in [0.2, 0.25) is 0 Å². The predicted molar refractivity (Wildman–Crippen MR) is 134 cm³/mol. The van der Waals surface area contributed by atoms with Crippen LogP contribution >= 0.6 is 23.2 Å². The van der Waals surface area contributed by atoms with Crippen molar-refractivity contribution in [2.75, 3.05) is 7.11 Å². The van der Waals surface area contributed by atoms with Crippen LogP contribution in [-0.2, 0) is 7.05 Å². The summed E-state index contributed by atoms with van der Waals surface area (Å²) in [6.07, 6.45) is 9.16. The lowest BCUT2D eigenvalue weighted by atomic mass is 10.0. The Kier molecular flexibility index (Phi) is 6.33. The molecule has 13 heteroatoms. The van der Waals surface area contributed by atoms with Crippen molar-refractivity contribution in [3.05, 3.63) is 81.5 Å². The fraction of sp³-hybridized carbons (Fsp3) is 0.217. The molecule has 0 saturated heterocycles. The molecule has 0 fully saturated rings. The summed E-state index contributed by atoms with van der Waals surface area (Å²) >= 11 is 12.3. The molecule has 0 saturated carbocycles. The van der Waals surface area contributed by atoms with E-state index in [0.717, 1.165) is 5.69 Å². The molecule has 11 nitrogen and oxygen atoms in total. The van der Waals surface area contributed by atoms with E-state index in [2.05, 4.69) is 25.7 Å². The summed E-state index contributed by atoms with van der Waals surface area (Å²) in [5.74, 6) is 0.474. The van der Waals surface area contributed by atoms with Crippen molar-refractivity contribution in [1.29, 1.82) is 0 Å². The Balaban J connectivity index is 1.59. The number of hydrogen-bond acceptors (Lipinski definition) is 7. The number of methoxy groups -OCH3 is 1. The van der Waals surface area contributed by atoms with E-state index < -0.39 is 0 Å². The molecule has 4 aromatic heterocycles. The first-order valence-corrected chi connectivity index (χ1v) is 11.7. The lowest BCUT2D eigenvalue weighted by Gasteiger charge is -2.19. The summed E-state index contributed by atoms with van der Waals surface area (Å²) in [6.45, 7) is 1.98. The van der Waals surface area contributed by atoms with Gasteiger partial charge in [0.25, 0.3) is 5.56 Å². The molecule has 1 unspecified atom stereocenters. The predicted octanol–water partition coefficient (Wildman–Crippen LogP) is 3.73. The lowest BCUT2D eigenvalue weighted by Crippen LogP contribution is -2.25. The standard InChI is InChI=1S/C23H21Cl2N9O2/c1-4-19(18-11-33(29-27-18)15-9-26-31(2)10-15)32-12-21(36-3)17(8-23(32)35)16-7-14(24)5-6-20(16)34-13-22(25)28-30-34/h5-13,19H,4H2,1-3H3. The zero-order chi connectivity index (χ0) is 25.4. The summed E-state index contributed by atoms with van der Waals surface area (Å²) in [5.41, 5.74) is 3.00. The number of halogens is 2. The average molecular weight is 526 g/mol. The van der Waals surface area contributed by atoms with Gasteiger partial charge in [-0.25, -0.2) is 9.36 Å². The van der Waals surface area contributed by atoms with Gasteiger partial charge in [-0.2, -0.15) is 5.10 Å². The van der Waals surface area contributed by atoms with Crippen LogP contribution in [0.2, 0.25) is 10.2 Å². The van der Waals surface area contributed by atoms with Gasteiger partial charge in [0.05, 0.1) is 49.8 Å². The molecule has 4 heterocycles. The first-order chi connectivity index (χ1) is 17.4. The number of nitrogens with zero attached hydrogens (tertiary/aromatic N) is 9. The Bertz CT molecular complexity index is 1600. The van der Waals surface area contributed by atoms with E-state index in [4.69, 9.17) is 27.9 Å². The number of benzene rings is 1. The SMILES string of the molecule is CCC(c1cn(-c2cnn(C)c2)nn1)n1cc(OC)c(-c2cc(Cl)ccc2-n2cc(Cl)nn2)cc1=O. The molecule has 5 aromatic rings. The van der Waals surface area contributed by atoms with Crippen LogP contribution in [0.3, 0.4) is 0 Å². The molecule has 184 valence electrons. The monoisotopic (exact) mass is 525 g/mol. The third-order valence-electron chi connectivity index (χ3n) is 5.76. The first kappa shape index (κ1) is 23.8. The van der Waals surface area contributed by atoms with Crippen LogP contribution in [0.1, 0.15) is 25.1 Å². The van der Waals surface area contributed by atoms with E-state index in [1.54, 1.807) is 64.0 Å². The molecule has 0 amide bonds. The van der Waals surface area contributed by atoms with Gasteiger partial charge in [0.1, 0.15) is 17.1 Å². The zero-order valence-corrected chi connectivity index (χ0v) is 21.1. The number of pyridine rings is 1. The van der Waals surface area contributed by atoms with E-state index in [9.17, 15) is 4.79 Å². The molecular formula is C23H21Cl2N9O2. The minimum absolute atomic E-state index is 0.239. The maximum absolute atomic E-state index is 13.4. The molecule has 0 N–H and O–H groups in total. The maximum atomic E-state index is 13.4. The van der Waals surface area contributed by atoms with Gasteiger partial charge in [-0.1, -0.05) is 40.6 Å². The van der Waals surface area contributed by atoms with Crippen molar-refractivity contribution in [3.63, 3.8) is 0 Å². The summed E-state index contributed by atoms with van der Waals surface area (Å²) in [6, 6.07) is 6.39. The number of hydrogen-bond donors (Lipinski definition) is 0. The highest BCUT2D eigenvalue weighted by atomic mass is 35.5. The van der Waals surface area contributed by atoms with Crippen LogP contribution in [0.15, 0.2) is 60.0 Å². The topological polar surface area (TPSA) is 110 Å². The third kappa shape index (κ3) is 4.38. The van der Waals surface area contributed by atoms with Crippen molar-refractivity contribution in [2.45, 2.75) is 19.4 Å². The summed E-state index contributed by atoms with van der Waals surface area (Å²) in [7, 11) is 3.37. The molecule has 36 heavy (non-hydrogen) atoms. The van der Waals surface area contributed by atoms with Crippen molar-refractivity contribution >= 4 is 23.2 Å². The molecule has 0 aliphatic heterocycles. The quantitative estimate of drug-likeness (QED) is 0.318.